The highest BCUT2D eigenvalue weighted by atomic mass is 32.2. The van der Waals surface area contributed by atoms with Crippen molar-refractivity contribution in [1.29, 1.82) is 5.26 Å². The lowest BCUT2D eigenvalue weighted by molar-refractivity contribution is -0.116. The van der Waals surface area contributed by atoms with Gasteiger partial charge in [0.05, 0.1) is 11.6 Å². The lowest BCUT2D eigenvalue weighted by atomic mass is 10.0. The molecule has 1 aliphatic heterocycles. The van der Waals surface area contributed by atoms with Crippen molar-refractivity contribution in [3.8, 4) is 17.6 Å². The van der Waals surface area contributed by atoms with Gasteiger partial charge in [0.2, 0.25) is 5.91 Å². The summed E-state index contributed by atoms with van der Waals surface area (Å²) in [7, 11) is -2.52. The Balaban J connectivity index is 1.92. The van der Waals surface area contributed by atoms with Gasteiger partial charge in [-0.1, -0.05) is 0 Å². The second-order valence-corrected chi connectivity index (χ2v) is 7.36. The third kappa shape index (κ3) is 3.64. The van der Waals surface area contributed by atoms with Gasteiger partial charge in [-0.3, -0.25) is 4.79 Å². The van der Waals surface area contributed by atoms with E-state index in [0.29, 0.717) is 22.4 Å². The van der Waals surface area contributed by atoms with Crippen LogP contribution in [0.5, 0.6) is 11.5 Å². The van der Waals surface area contributed by atoms with Gasteiger partial charge in [0, 0.05) is 29.8 Å². The lowest BCUT2D eigenvalue weighted by Crippen LogP contribution is -2.15. The molecule has 1 aliphatic rings. The molecule has 3 rings (SSSR count). The first-order valence-corrected chi connectivity index (χ1v) is 9.40. The Morgan fingerprint density at radius 2 is 1.96 bits per heavy atom. The standard InChI is InChI=1S/C19H16N2O5S/c1-12-17(26-27(23,24)15-5-3-13(10-20)4-6-15)8-7-16-14(9-18(22)21-2)11-25-19(12)16/h3-9H,11H2,1-2H3,(H,21,22)/b14-9-. The van der Waals surface area contributed by atoms with E-state index < -0.39 is 10.1 Å². The van der Waals surface area contributed by atoms with Gasteiger partial charge < -0.3 is 14.2 Å². The first-order valence-electron chi connectivity index (χ1n) is 7.99. The van der Waals surface area contributed by atoms with E-state index in [1.54, 1.807) is 13.0 Å². The van der Waals surface area contributed by atoms with Crippen LogP contribution in [0.1, 0.15) is 16.7 Å². The Kier molecular flexibility index (Phi) is 4.88. The number of hydrogen-bond acceptors (Lipinski definition) is 6. The third-order valence-electron chi connectivity index (χ3n) is 4.10. The molecule has 0 saturated carbocycles. The van der Waals surface area contributed by atoms with Crippen molar-refractivity contribution in [2.24, 2.45) is 0 Å². The second kappa shape index (κ2) is 7.13. The Morgan fingerprint density at radius 3 is 2.59 bits per heavy atom. The van der Waals surface area contributed by atoms with Crippen molar-refractivity contribution < 1.29 is 22.1 Å². The predicted octanol–water partition coefficient (Wildman–Crippen LogP) is 2.16. The number of nitrogens with zero attached hydrogens (tertiary/aromatic N) is 1. The molecule has 0 aliphatic carbocycles. The molecular formula is C19H16N2O5S. The molecule has 1 N–H and O–H groups in total. The number of hydrogen-bond donors (Lipinski definition) is 1. The first kappa shape index (κ1) is 18.5. The van der Waals surface area contributed by atoms with Crippen LogP contribution in [0.25, 0.3) is 5.57 Å². The summed E-state index contributed by atoms with van der Waals surface area (Å²) >= 11 is 0. The van der Waals surface area contributed by atoms with Crippen molar-refractivity contribution in [3.63, 3.8) is 0 Å². The van der Waals surface area contributed by atoms with E-state index >= 15 is 0 Å². The first-order chi connectivity index (χ1) is 12.9. The number of nitriles is 1. The molecule has 0 radical (unpaired) electrons. The molecular weight excluding hydrogens is 368 g/mol. The molecule has 1 amide bonds. The van der Waals surface area contributed by atoms with E-state index in [2.05, 4.69) is 5.32 Å². The van der Waals surface area contributed by atoms with Gasteiger partial charge in [-0.2, -0.15) is 13.7 Å². The molecule has 0 aromatic heterocycles. The monoisotopic (exact) mass is 384 g/mol. The molecule has 7 nitrogen and oxygen atoms in total. The predicted molar refractivity (Wildman–Crippen MR) is 97.7 cm³/mol. The fourth-order valence-corrected chi connectivity index (χ4v) is 3.63. The van der Waals surface area contributed by atoms with Crippen LogP contribution < -0.4 is 14.2 Å². The minimum absolute atomic E-state index is 0.0532. The van der Waals surface area contributed by atoms with Gasteiger partial charge in [-0.05, 0) is 43.3 Å². The summed E-state index contributed by atoms with van der Waals surface area (Å²) in [5.41, 5.74) is 2.30. The van der Waals surface area contributed by atoms with Crippen molar-refractivity contribution in [3.05, 3.63) is 59.2 Å². The molecule has 1 heterocycles. The number of carbonyl (C=O) groups excluding carboxylic acids is 1. The molecule has 27 heavy (non-hydrogen) atoms. The van der Waals surface area contributed by atoms with Crippen LogP contribution in [0.15, 0.2) is 47.4 Å². The maximum atomic E-state index is 12.5. The van der Waals surface area contributed by atoms with Crippen molar-refractivity contribution in [1.82, 2.24) is 5.32 Å². The summed E-state index contributed by atoms with van der Waals surface area (Å²) in [6, 6.07) is 10.6. The lowest BCUT2D eigenvalue weighted by Gasteiger charge is -2.12. The van der Waals surface area contributed by atoms with E-state index in [-0.39, 0.29) is 23.2 Å². The summed E-state index contributed by atoms with van der Waals surface area (Å²) in [5, 5.41) is 11.3. The number of fused-ring (bicyclic) bond motifs is 1. The van der Waals surface area contributed by atoms with Gasteiger partial charge >= 0.3 is 10.1 Å². The number of rotatable bonds is 4. The number of nitrogens with one attached hydrogen (secondary N) is 1. The van der Waals surface area contributed by atoms with Crippen LogP contribution in [0.2, 0.25) is 0 Å². The molecule has 2 aromatic rings. The molecule has 8 heteroatoms. The summed E-state index contributed by atoms with van der Waals surface area (Å²) in [5.74, 6) is 0.375. The van der Waals surface area contributed by atoms with Crippen LogP contribution in [0.4, 0.5) is 0 Å². The van der Waals surface area contributed by atoms with E-state index in [0.717, 1.165) is 5.56 Å². The average molecular weight is 384 g/mol. The van der Waals surface area contributed by atoms with E-state index in [1.165, 1.54) is 43.5 Å². The van der Waals surface area contributed by atoms with Crippen molar-refractivity contribution in [2.75, 3.05) is 13.7 Å². The molecule has 0 unspecified atom stereocenters. The quantitative estimate of drug-likeness (QED) is 0.640. The molecule has 0 atom stereocenters. The van der Waals surface area contributed by atoms with Crippen LogP contribution in [-0.2, 0) is 14.9 Å². The van der Waals surface area contributed by atoms with E-state index in [1.807, 2.05) is 6.07 Å². The van der Waals surface area contributed by atoms with Crippen LogP contribution in [0.3, 0.4) is 0 Å². The zero-order valence-corrected chi connectivity index (χ0v) is 15.5. The minimum Gasteiger partial charge on any atom is -0.488 e. The second-order valence-electron chi connectivity index (χ2n) is 5.81. The average Bonchev–Trinajstić information content (AvgIpc) is 3.07. The van der Waals surface area contributed by atoms with E-state index in [4.69, 9.17) is 14.2 Å². The van der Waals surface area contributed by atoms with E-state index in [9.17, 15) is 13.2 Å². The highest BCUT2D eigenvalue weighted by Gasteiger charge is 2.25. The van der Waals surface area contributed by atoms with Gasteiger partial charge in [0.1, 0.15) is 23.0 Å². The molecule has 0 fully saturated rings. The Bertz CT molecular complexity index is 1080. The van der Waals surface area contributed by atoms with Gasteiger partial charge in [-0.25, -0.2) is 0 Å². The Labute approximate surface area is 157 Å². The molecule has 138 valence electrons. The normalized spacial score (nSPS) is 14.2. The topological polar surface area (TPSA) is 105 Å². The third-order valence-corrected chi connectivity index (χ3v) is 5.35. The minimum atomic E-state index is -4.06. The number of likely N-dealkylation sites (N-methyl/N-ethyl adjacent to an activating group) is 1. The number of carbonyl (C=O) groups is 1. The zero-order chi connectivity index (χ0) is 19.6. The van der Waals surface area contributed by atoms with Crippen LogP contribution in [-0.4, -0.2) is 28.0 Å². The fraction of sp³-hybridized carbons (Fsp3) is 0.158. The summed E-state index contributed by atoms with van der Waals surface area (Å²) in [6.45, 7) is 1.90. The van der Waals surface area contributed by atoms with Gasteiger partial charge in [-0.15, -0.1) is 0 Å². The smallest absolute Gasteiger partial charge is 0.339 e. The number of amides is 1. The Morgan fingerprint density at radius 1 is 1.26 bits per heavy atom. The molecule has 0 bridgehead atoms. The summed E-state index contributed by atoms with van der Waals surface area (Å²) in [4.78, 5) is 11.5. The molecule has 0 saturated heterocycles. The van der Waals surface area contributed by atoms with Crippen molar-refractivity contribution >= 4 is 21.6 Å². The number of benzene rings is 2. The Hall–Kier alpha value is -3.31. The highest BCUT2D eigenvalue weighted by molar-refractivity contribution is 7.87. The van der Waals surface area contributed by atoms with Crippen molar-refractivity contribution in [2.45, 2.75) is 11.8 Å². The van der Waals surface area contributed by atoms with Crippen LogP contribution >= 0.6 is 0 Å². The fourth-order valence-electron chi connectivity index (χ4n) is 2.64. The highest BCUT2D eigenvalue weighted by Crippen LogP contribution is 2.40. The van der Waals surface area contributed by atoms with Gasteiger partial charge in [0.15, 0.2) is 0 Å². The maximum absolute atomic E-state index is 12.5. The summed E-state index contributed by atoms with van der Waals surface area (Å²) in [6.07, 6.45) is 1.44. The largest absolute Gasteiger partial charge is 0.488 e. The zero-order valence-electron chi connectivity index (χ0n) is 14.6. The maximum Gasteiger partial charge on any atom is 0.339 e. The molecule has 2 aromatic carbocycles. The number of ether oxygens (including phenoxy) is 1. The SMILES string of the molecule is CNC(=O)/C=C1/COc2c1ccc(OS(=O)(=O)c1ccc(C#N)cc1)c2C. The summed E-state index contributed by atoms with van der Waals surface area (Å²) < 4.78 is 35.9. The molecule has 0 spiro atoms. The van der Waals surface area contributed by atoms with Gasteiger partial charge in [0.25, 0.3) is 0 Å². The van der Waals surface area contributed by atoms with Crippen LogP contribution in [0, 0.1) is 18.3 Å².